The van der Waals surface area contributed by atoms with Gasteiger partial charge in [-0.2, -0.15) is 0 Å². The molecule has 0 aromatic carbocycles. The lowest BCUT2D eigenvalue weighted by atomic mass is 9.97. The predicted molar refractivity (Wildman–Crippen MR) is 275 cm³/mol. The zero-order valence-electron chi connectivity index (χ0n) is 42.9. The Kier molecular flexibility index (Phi) is 20.4. The number of hydrogen-bond donors (Lipinski definition) is 8. The number of amides is 2. The van der Waals surface area contributed by atoms with Crippen LogP contribution < -0.4 is 10.6 Å². The SMILES string of the molecule is CCCCCCOC(C)c1c(C)c2cc3[nH]c(cc4nc(cc5nc(cc1[nH]2)C(C)=C5CCC(=O)NC(CC(=O)O)C(=O)O)C(CCC(=O)NC(CC(=O)O)C(=O)O)=C4C)c(C)c3C(C)OCCCCCC. The second kappa shape index (κ2) is 26.2. The van der Waals surface area contributed by atoms with Gasteiger partial charge in [0.2, 0.25) is 11.8 Å². The van der Waals surface area contributed by atoms with Crippen molar-refractivity contribution in [3.8, 4) is 0 Å². The summed E-state index contributed by atoms with van der Waals surface area (Å²) in [5.74, 6) is -7.05. The Morgan fingerprint density at radius 2 is 0.931 bits per heavy atom. The number of carboxylic acid groups (broad SMARTS) is 4. The van der Waals surface area contributed by atoms with E-state index in [1.54, 1.807) is 6.07 Å². The fourth-order valence-electron chi connectivity index (χ4n) is 9.33. The molecule has 4 atom stereocenters. The lowest BCUT2D eigenvalue weighted by Gasteiger charge is -2.14. The molecule has 0 spiro atoms. The zero-order valence-corrected chi connectivity index (χ0v) is 42.9. The number of aromatic amines is 2. The Hall–Kier alpha value is -6.66. The summed E-state index contributed by atoms with van der Waals surface area (Å²) in [7, 11) is 0. The fourth-order valence-corrected chi connectivity index (χ4v) is 9.33. The minimum Gasteiger partial charge on any atom is -0.481 e. The Labute approximate surface area is 420 Å². The van der Waals surface area contributed by atoms with Crippen molar-refractivity contribution in [1.82, 2.24) is 30.6 Å². The van der Waals surface area contributed by atoms with E-state index in [9.17, 15) is 49.2 Å². The van der Waals surface area contributed by atoms with Gasteiger partial charge in [0.05, 0.1) is 47.8 Å². The molecular formula is C54H72N6O12. The van der Waals surface area contributed by atoms with Crippen molar-refractivity contribution in [3.63, 3.8) is 0 Å². The first-order chi connectivity index (χ1) is 34.2. The third-order valence-corrected chi connectivity index (χ3v) is 13.4. The summed E-state index contributed by atoms with van der Waals surface area (Å²) in [6.07, 6.45) is 5.99. The predicted octanol–water partition coefficient (Wildman–Crippen LogP) is 9.76. The number of hydrogen-bond acceptors (Lipinski definition) is 10. The molecule has 390 valence electrons. The minimum absolute atomic E-state index is 0.0824. The van der Waals surface area contributed by atoms with Crippen LogP contribution in [0.3, 0.4) is 0 Å². The van der Waals surface area contributed by atoms with E-state index < -0.39 is 60.6 Å². The van der Waals surface area contributed by atoms with Crippen LogP contribution >= 0.6 is 0 Å². The summed E-state index contributed by atoms with van der Waals surface area (Å²) < 4.78 is 13.0. The van der Waals surface area contributed by atoms with Crippen LogP contribution in [-0.2, 0) is 38.2 Å². The van der Waals surface area contributed by atoms with Crippen molar-refractivity contribution in [1.29, 1.82) is 0 Å². The summed E-state index contributed by atoms with van der Waals surface area (Å²) in [5, 5.41) is 42.5. The Morgan fingerprint density at radius 3 is 1.32 bits per heavy atom. The van der Waals surface area contributed by atoms with Crippen LogP contribution in [0.4, 0.5) is 0 Å². The maximum Gasteiger partial charge on any atom is 0.326 e. The molecule has 2 amide bonds. The van der Waals surface area contributed by atoms with Gasteiger partial charge in [-0.15, -0.1) is 0 Å². The van der Waals surface area contributed by atoms with Gasteiger partial charge in [-0.3, -0.25) is 19.2 Å². The lowest BCUT2D eigenvalue weighted by molar-refractivity contribution is -0.147. The van der Waals surface area contributed by atoms with Crippen molar-refractivity contribution in [2.45, 2.75) is 170 Å². The smallest absolute Gasteiger partial charge is 0.326 e. The van der Waals surface area contributed by atoms with E-state index in [1.165, 1.54) is 0 Å². The van der Waals surface area contributed by atoms with Gasteiger partial charge in [0, 0.05) is 59.2 Å². The maximum atomic E-state index is 13.3. The van der Waals surface area contributed by atoms with Crippen LogP contribution in [0, 0.1) is 13.8 Å². The Morgan fingerprint density at radius 1 is 0.542 bits per heavy atom. The number of carbonyl (C=O) groups is 6. The van der Waals surface area contributed by atoms with Crippen LogP contribution in [-0.4, -0.2) is 101 Å². The number of rotatable bonds is 28. The highest BCUT2D eigenvalue weighted by Crippen LogP contribution is 2.39. The number of allylic oxidation sites excluding steroid dienone is 4. The highest BCUT2D eigenvalue weighted by molar-refractivity contribution is 5.97. The number of ether oxygens (including phenoxy) is 2. The average molecular weight is 997 g/mol. The van der Waals surface area contributed by atoms with Crippen molar-refractivity contribution in [2.75, 3.05) is 13.2 Å². The van der Waals surface area contributed by atoms with E-state index >= 15 is 0 Å². The summed E-state index contributed by atoms with van der Waals surface area (Å²) in [4.78, 5) is 90.7. The number of carbonyl (C=O) groups excluding carboxylic acids is 2. The van der Waals surface area contributed by atoms with E-state index in [2.05, 4.69) is 54.4 Å². The first kappa shape index (κ1) is 56.3. The third-order valence-electron chi connectivity index (χ3n) is 13.4. The lowest BCUT2D eigenvalue weighted by Crippen LogP contribution is -2.42. The largest absolute Gasteiger partial charge is 0.481 e. The molecule has 4 unspecified atom stereocenters. The quantitative estimate of drug-likeness (QED) is 0.0314. The first-order valence-electron chi connectivity index (χ1n) is 25.1. The van der Waals surface area contributed by atoms with Crippen LogP contribution in [0.2, 0.25) is 0 Å². The summed E-state index contributed by atoms with van der Waals surface area (Å²) in [6.45, 7) is 17.4. The number of aromatic nitrogens is 4. The Bertz CT molecular complexity index is 2750. The van der Waals surface area contributed by atoms with Gasteiger partial charge in [-0.1, -0.05) is 52.4 Å². The molecule has 0 saturated carbocycles. The fraction of sp³-hybridized carbons (Fsp3) is 0.519. The molecule has 3 aromatic rings. The van der Waals surface area contributed by atoms with Gasteiger partial charge in [0.25, 0.3) is 0 Å². The number of unbranched alkanes of at least 4 members (excludes halogenated alkanes) is 6. The standard InChI is InChI=1S/C54H72N6O12/c1-9-11-13-15-21-71-33(7)51-31(5)39-23-37-29(3)35(17-19-47(61)59-45(53(67)68)27-49(63)64)41(55-37)26-42-36(18-20-48(62)60-46(54(69)70)28-50(65)66)30(4)38(56-42)24-43-52(34(8)72-22-16-14-12-10-2)32(6)40(58-43)25-44(51)57-39/h23-26,33-34,45-46,57-58H,9-22,27-28H2,1-8H3,(H,59,61)(H,60,62)(H,63,64)(H,65,66)(H,67,68)(H,69,70). The van der Waals surface area contributed by atoms with Crippen molar-refractivity contribution in [3.05, 3.63) is 69.3 Å². The molecule has 0 saturated heterocycles. The number of H-pyrrole nitrogens is 2. The molecule has 5 heterocycles. The monoisotopic (exact) mass is 997 g/mol. The van der Waals surface area contributed by atoms with Gasteiger partial charge in [0.15, 0.2) is 0 Å². The molecule has 5 rings (SSSR count). The third kappa shape index (κ3) is 14.7. The van der Waals surface area contributed by atoms with E-state index in [-0.39, 0.29) is 37.9 Å². The normalized spacial score (nSPS) is 14.2. The molecule has 0 aliphatic carbocycles. The minimum atomic E-state index is -1.63. The molecule has 72 heavy (non-hydrogen) atoms. The molecule has 0 fully saturated rings. The molecular weight excluding hydrogens is 925 g/mol. The number of aliphatic carboxylic acids is 4. The summed E-state index contributed by atoms with van der Waals surface area (Å²) >= 11 is 0. The van der Waals surface area contributed by atoms with Crippen molar-refractivity contribution < 1.29 is 58.7 Å². The van der Waals surface area contributed by atoms with Gasteiger partial charge in [-0.25, -0.2) is 19.6 Å². The van der Waals surface area contributed by atoms with Crippen LogP contribution in [0.25, 0.3) is 44.4 Å². The van der Waals surface area contributed by atoms with Gasteiger partial charge in [-0.05, 0) is 125 Å². The highest BCUT2D eigenvalue weighted by atomic mass is 16.5. The number of nitrogens with one attached hydrogen (secondary N) is 4. The molecule has 0 radical (unpaired) electrons. The zero-order chi connectivity index (χ0) is 52.8. The second-order valence-corrected chi connectivity index (χ2v) is 18.8. The topological polar surface area (TPSA) is 283 Å². The van der Waals surface area contributed by atoms with Gasteiger partial charge in [0.1, 0.15) is 12.1 Å². The number of fused-ring (bicyclic) bond motifs is 8. The first-order valence-corrected chi connectivity index (χ1v) is 25.1. The van der Waals surface area contributed by atoms with E-state index in [1.807, 2.05) is 39.8 Å². The highest BCUT2D eigenvalue weighted by Gasteiger charge is 2.28. The second-order valence-electron chi connectivity index (χ2n) is 18.8. The maximum absolute atomic E-state index is 13.3. The molecule has 2 aliphatic heterocycles. The van der Waals surface area contributed by atoms with E-state index in [0.717, 1.165) is 107 Å². The van der Waals surface area contributed by atoms with E-state index in [0.29, 0.717) is 47.1 Å². The molecule has 8 N–H and O–H groups in total. The molecule has 3 aromatic heterocycles. The summed E-state index contributed by atoms with van der Waals surface area (Å²) in [6, 6.07) is 4.48. The van der Waals surface area contributed by atoms with Crippen LogP contribution in [0.5, 0.6) is 0 Å². The molecule has 2 aliphatic rings. The molecule has 8 bridgehead atoms. The number of carboxylic acids is 4. The van der Waals surface area contributed by atoms with Crippen molar-refractivity contribution >= 4 is 80.1 Å². The van der Waals surface area contributed by atoms with Crippen molar-refractivity contribution in [2.24, 2.45) is 0 Å². The molecule has 18 heteroatoms. The van der Waals surface area contributed by atoms with Crippen LogP contribution in [0.1, 0.15) is 189 Å². The Balaban J connectivity index is 1.76. The van der Waals surface area contributed by atoms with Crippen LogP contribution in [0.15, 0.2) is 24.3 Å². The van der Waals surface area contributed by atoms with Gasteiger partial charge >= 0.3 is 23.9 Å². The number of aryl methyl sites for hydroxylation is 2. The molecule has 18 nitrogen and oxygen atoms in total. The number of nitrogens with zero attached hydrogens (tertiary/aromatic N) is 2. The average Bonchev–Trinajstić information content (AvgIpc) is 3.98. The summed E-state index contributed by atoms with van der Waals surface area (Å²) in [5.41, 5.74) is 11.9. The van der Waals surface area contributed by atoms with E-state index in [4.69, 9.17) is 19.4 Å². The van der Waals surface area contributed by atoms with Gasteiger partial charge < -0.3 is 50.5 Å².